The summed E-state index contributed by atoms with van der Waals surface area (Å²) in [6.07, 6.45) is 1.10. The highest BCUT2D eigenvalue weighted by molar-refractivity contribution is 4.81. The van der Waals surface area contributed by atoms with Crippen LogP contribution in [0.25, 0.3) is 0 Å². The first-order valence-corrected chi connectivity index (χ1v) is 7.94. The minimum Gasteiger partial charge on any atom is -0.381 e. The van der Waals surface area contributed by atoms with Crippen molar-refractivity contribution in [2.75, 3.05) is 66.3 Å². The monoisotopic (exact) mass is 288 g/mol. The zero-order valence-corrected chi connectivity index (χ0v) is 13.4. The van der Waals surface area contributed by atoms with Crippen molar-refractivity contribution >= 4 is 0 Å². The molecule has 0 radical (unpaired) electrons. The van der Waals surface area contributed by atoms with Crippen LogP contribution in [-0.4, -0.2) is 77.3 Å². The minimum atomic E-state index is 0.553. The Balaban J connectivity index is 2.39. The van der Waals surface area contributed by atoms with Crippen LogP contribution in [0.3, 0.4) is 0 Å². The van der Waals surface area contributed by atoms with Gasteiger partial charge in [-0.05, 0) is 27.3 Å². The second kappa shape index (κ2) is 11.5. The summed E-state index contributed by atoms with van der Waals surface area (Å²) in [5, 5.41) is 3.42. The van der Waals surface area contributed by atoms with Crippen LogP contribution in [0.2, 0.25) is 0 Å². The predicted octanol–water partition coefficient (Wildman–Crippen LogP) is 0.986. The Morgan fingerprint density at radius 1 is 1.15 bits per heavy atom. The second-order valence-corrected chi connectivity index (χ2v) is 5.21. The van der Waals surface area contributed by atoms with E-state index in [9.17, 15) is 0 Å². The van der Waals surface area contributed by atoms with Crippen molar-refractivity contribution in [2.24, 2.45) is 5.92 Å². The van der Waals surface area contributed by atoms with E-state index in [1.807, 2.05) is 20.9 Å². The first-order valence-electron chi connectivity index (χ1n) is 7.94. The lowest BCUT2D eigenvalue weighted by Gasteiger charge is -2.35. The normalized spacial score (nSPS) is 23.4. The van der Waals surface area contributed by atoms with Crippen LogP contribution in [-0.2, 0) is 14.2 Å². The standard InChI is InChI=1S/C15H32N2O3/c1-4-18-10-7-17(8-11-19-5-2)12-14-13-20-9-6-15(14)16-3/h14-16H,4-13H2,1-3H3. The molecule has 0 aromatic rings. The van der Waals surface area contributed by atoms with Gasteiger partial charge in [0, 0.05) is 51.4 Å². The van der Waals surface area contributed by atoms with Crippen molar-refractivity contribution in [2.45, 2.75) is 26.3 Å². The highest BCUT2D eigenvalue weighted by Crippen LogP contribution is 2.16. The molecule has 0 bridgehead atoms. The van der Waals surface area contributed by atoms with E-state index in [2.05, 4.69) is 10.2 Å². The molecule has 0 spiro atoms. The fraction of sp³-hybridized carbons (Fsp3) is 1.00. The number of nitrogens with one attached hydrogen (secondary N) is 1. The van der Waals surface area contributed by atoms with Crippen molar-refractivity contribution in [3.05, 3.63) is 0 Å². The molecule has 5 nitrogen and oxygen atoms in total. The molecule has 0 amide bonds. The Bertz CT molecular complexity index is 219. The van der Waals surface area contributed by atoms with E-state index >= 15 is 0 Å². The average molecular weight is 288 g/mol. The zero-order valence-electron chi connectivity index (χ0n) is 13.4. The number of rotatable bonds is 11. The van der Waals surface area contributed by atoms with Gasteiger partial charge < -0.3 is 19.5 Å². The molecule has 1 rings (SSSR count). The lowest BCUT2D eigenvalue weighted by atomic mass is 9.95. The van der Waals surface area contributed by atoms with Crippen LogP contribution < -0.4 is 5.32 Å². The molecule has 0 aromatic carbocycles. The maximum absolute atomic E-state index is 5.64. The van der Waals surface area contributed by atoms with Gasteiger partial charge in [-0.15, -0.1) is 0 Å². The summed E-state index contributed by atoms with van der Waals surface area (Å²) in [7, 11) is 2.05. The number of hydrogen-bond acceptors (Lipinski definition) is 5. The van der Waals surface area contributed by atoms with Gasteiger partial charge in [-0.25, -0.2) is 0 Å². The Morgan fingerprint density at radius 3 is 2.35 bits per heavy atom. The minimum absolute atomic E-state index is 0.553. The van der Waals surface area contributed by atoms with Gasteiger partial charge in [-0.1, -0.05) is 0 Å². The maximum Gasteiger partial charge on any atom is 0.0593 e. The Kier molecular flexibility index (Phi) is 10.2. The van der Waals surface area contributed by atoms with Crippen LogP contribution in [0.15, 0.2) is 0 Å². The topological polar surface area (TPSA) is 43.0 Å². The smallest absolute Gasteiger partial charge is 0.0593 e. The van der Waals surface area contributed by atoms with E-state index in [0.717, 1.165) is 65.7 Å². The third kappa shape index (κ3) is 6.99. The molecule has 1 aliphatic rings. The third-order valence-corrected chi connectivity index (χ3v) is 3.85. The van der Waals surface area contributed by atoms with Gasteiger partial charge in [-0.2, -0.15) is 0 Å². The Morgan fingerprint density at radius 2 is 1.80 bits per heavy atom. The molecule has 0 aromatic heterocycles. The van der Waals surface area contributed by atoms with E-state index < -0.39 is 0 Å². The summed E-state index contributed by atoms with van der Waals surface area (Å²) in [6, 6.07) is 0.561. The highest BCUT2D eigenvalue weighted by atomic mass is 16.5. The third-order valence-electron chi connectivity index (χ3n) is 3.85. The molecule has 0 saturated carbocycles. The van der Waals surface area contributed by atoms with Gasteiger partial charge in [0.1, 0.15) is 0 Å². The molecule has 1 N–H and O–H groups in total. The Labute approximate surface area is 123 Å². The molecular formula is C15H32N2O3. The fourth-order valence-electron chi connectivity index (χ4n) is 2.66. The van der Waals surface area contributed by atoms with Crippen LogP contribution in [0, 0.1) is 5.92 Å². The van der Waals surface area contributed by atoms with Gasteiger partial charge in [0.2, 0.25) is 0 Å². The van der Waals surface area contributed by atoms with Crippen LogP contribution in [0.5, 0.6) is 0 Å². The molecule has 120 valence electrons. The number of hydrogen-bond donors (Lipinski definition) is 1. The van der Waals surface area contributed by atoms with E-state index in [4.69, 9.17) is 14.2 Å². The molecule has 5 heteroatoms. The van der Waals surface area contributed by atoms with Gasteiger partial charge in [0.25, 0.3) is 0 Å². The van der Waals surface area contributed by atoms with Crippen molar-refractivity contribution < 1.29 is 14.2 Å². The van der Waals surface area contributed by atoms with Gasteiger partial charge in [0.05, 0.1) is 19.8 Å². The molecule has 20 heavy (non-hydrogen) atoms. The lowest BCUT2D eigenvalue weighted by molar-refractivity contribution is 0.00796. The quantitative estimate of drug-likeness (QED) is 0.574. The SMILES string of the molecule is CCOCCN(CCOCC)CC1COCCC1NC. The van der Waals surface area contributed by atoms with Crippen LogP contribution in [0.4, 0.5) is 0 Å². The van der Waals surface area contributed by atoms with E-state index in [0.29, 0.717) is 12.0 Å². The maximum atomic E-state index is 5.64. The van der Waals surface area contributed by atoms with Crippen molar-refractivity contribution in [3.8, 4) is 0 Å². The van der Waals surface area contributed by atoms with Gasteiger partial charge in [0.15, 0.2) is 0 Å². The van der Waals surface area contributed by atoms with E-state index in [-0.39, 0.29) is 0 Å². The number of ether oxygens (including phenoxy) is 3. The summed E-state index contributed by atoms with van der Waals surface area (Å²) >= 11 is 0. The molecule has 1 heterocycles. The first-order chi connectivity index (χ1) is 9.81. The summed E-state index contributed by atoms with van der Waals surface area (Å²) in [5.74, 6) is 0.553. The molecule has 1 fully saturated rings. The zero-order chi connectivity index (χ0) is 14.6. The fourth-order valence-corrected chi connectivity index (χ4v) is 2.66. The largest absolute Gasteiger partial charge is 0.381 e. The van der Waals surface area contributed by atoms with Gasteiger partial charge >= 0.3 is 0 Å². The predicted molar refractivity (Wildman–Crippen MR) is 81.2 cm³/mol. The van der Waals surface area contributed by atoms with E-state index in [1.165, 1.54) is 0 Å². The molecule has 2 atom stereocenters. The van der Waals surface area contributed by atoms with Crippen molar-refractivity contribution in [1.82, 2.24) is 10.2 Å². The lowest BCUT2D eigenvalue weighted by Crippen LogP contribution is -2.47. The Hall–Kier alpha value is -0.200. The summed E-state index contributed by atoms with van der Waals surface area (Å²) in [5.41, 5.74) is 0. The van der Waals surface area contributed by atoms with Crippen LogP contribution in [0.1, 0.15) is 20.3 Å². The molecular weight excluding hydrogens is 256 g/mol. The highest BCUT2D eigenvalue weighted by Gasteiger charge is 2.26. The van der Waals surface area contributed by atoms with E-state index in [1.54, 1.807) is 0 Å². The molecule has 0 aliphatic carbocycles. The second-order valence-electron chi connectivity index (χ2n) is 5.21. The number of nitrogens with zero attached hydrogens (tertiary/aromatic N) is 1. The summed E-state index contributed by atoms with van der Waals surface area (Å²) in [4.78, 5) is 2.44. The van der Waals surface area contributed by atoms with Crippen molar-refractivity contribution in [3.63, 3.8) is 0 Å². The molecule has 1 aliphatic heterocycles. The van der Waals surface area contributed by atoms with Crippen LogP contribution >= 0.6 is 0 Å². The summed E-state index contributed by atoms with van der Waals surface area (Å²) in [6.45, 7) is 11.9. The molecule has 1 saturated heterocycles. The average Bonchev–Trinajstić information content (AvgIpc) is 2.48. The molecule has 2 unspecified atom stereocenters. The van der Waals surface area contributed by atoms with Crippen molar-refractivity contribution in [1.29, 1.82) is 0 Å². The first kappa shape index (κ1) is 17.9. The van der Waals surface area contributed by atoms with Gasteiger partial charge in [-0.3, -0.25) is 4.90 Å². The summed E-state index contributed by atoms with van der Waals surface area (Å²) < 4.78 is 16.6.